The molecule has 1 saturated heterocycles. The second kappa shape index (κ2) is 13.7. The monoisotopic (exact) mass is 653 g/mol. The lowest BCUT2D eigenvalue weighted by Crippen LogP contribution is -2.54. The molecule has 2 aliphatic rings. The van der Waals surface area contributed by atoms with Crippen LogP contribution in [0, 0.1) is 0 Å². The second-order valence-electron chi connectivity index (χ2n) is 10.9. The number of likely N-dealkylation sites (tertiary alicyclic amines) is 1. The van der Waals surface area contributed by atoms with Gasteiger partial charge in [-0.15, -0.1) is 0 Å². The van der Waals surface area contributed by atoms with E-state index in [-0.39, 0.29) is 23.2 Å². The Morgan fingerprint density at radius 2 is 1.66 bits per heavy atom. The number of ether oxygens (including phenoxy) is 2. The van der Waals surface area contributed by atoms with E-state index < -0.39 is 34.9 Å². The van der Waals surface area contributed by atoms with E-state index in [1.54, 1.807) is 14.2 Å². The molecule has 0 spiro atoms. The third-order valence-electron chi connectivity index (χ3n) is 8.03. The topological polar surface area (TPSA) is 100 Å². The molecule has 1 aliphatic carbocycles. The first-order valence-electron chi connectivity index (χ1n) is 13.7. The maximum Gasteiger partial charge on any atom is 0.490 e. The highest BCUT2D eigenvalue weighted by Gasteiger charge is 2.52. The summed E-state index contributed by atoms with van der Waals surface area (Å²) in [6.45, 7) is 5.32. The third kappa shape index (κ3) is 8.00. The highest BCUT2D eigenvalue weighted by molar-refractivity contribution is 6.31. The molecular formula is C29H34ClF6N3O5. The van der Waals surface area contributed by atoms with Crippen LogP contribution in [0.2, 0.25) is 5.02 Å². The van der Waals surface area contributed by atoms with Crippen LogP contribution in [0.15, 0.2) is 36.4 Å². The van der Waals surface area contributed by atoms with Crippen molar-refractivity contribution in [3.05, 3.63) is 52.5 Å². The van der Waals surface area contributed by atoms with Crippen LogP contribution in [0.1, 0.15) is 50.7 Å². The number of fused-ring (bicyclic) bond motifs is 1. The number of benzene rings is 2. The van der Waals surface area contributed by atoms with Crippen LogP contribution in [0.5, 0.6) is 11.5 Å². The van der Waals surface area contributed by atoms with Crippen molar-refractivity contribution >= 4 is 29.3 Å². The minimum absolute atomic E-state index is 0.0700. The molecule has 4 rings (SSSR count). The molecule has 1 aliphatic heterocycles. The summed E-state index contributed by atoms with van der Waals surface area (Å²) in [6, 6.07) is 9.34. The fraction of sp³-hybridized carbons (Fsp3) is 0.517. The molecule has 0 aromatic heterocycles. The Kier molecular flexibility index (Phi) is 10.9. The summed E-state index contributed by atoms with van der Waals surface area (Å²) in [7, 11) is 3.25. The number of carbonyl (C=O) groups is 2. The fourth-order valence-electron chi connectivity index (χ4n) is 5.99. The first kappa shape index (κ1) is 35.1. The number of nitrogens with zero attached hydrogens (tertiary/aromatic N) is 1. The number of methoxy groups -OCH3 is 2. The summed E-state index contributed by atoms with van der Waals surface area (Å²) in [5, 5.41) is 12.3. The van der Waals surface area contributed by atoms with Crippen LogP contribution in [-0.2, 0) is 16.4 Å². The van der Waals surface area contributed by atoms with Gasteiger partial charge in [-0.05, 0) is 82.0 Å². The van der Waals surface area contributed by atoms with Crippen LogP contribution in [-0.4, -0.2) is 67.1 Å². The van der Waals surface area contributed by atoms with Gasteiger partial charge in [-0.25, -0.2) is 9.59 Å². The SMILES string of the molecule is COc1ccc([C@@]23CC[C@@H](NC(=O)Nc4ccc(C(F)(F)F)c(Cl)c4)C[C@@H]2N(C(C)C)CC3)cc1OC.O=C(O)C(F)(F)F. The first-order chi connectivity index (χ1) is 20.4. The minimum atomic E-state index is -5.08. The van der Waals surface area contributed by atoms with Gasteiger partial charge in [0, 0.05) is 29.2 Å². The van der Waals surface area contributed by atoms with Gasteiger partial charge in [0.05, 0.1) is 24.8 Å². The summed E-state index contributed by atoms with van der Waals surface area (Å²) in [5.41, 5.74) is 0.407. The molecule has 2 fully saturated rings. The Morgan fingerprint density at radius 3 is 2.18 bits per heavy atom. The number of hydrogen-bond donors (Lipinski definition) is 3. The number of aliphatic carboxylic acids is 1. The van der Waals surface area contributed by atoms with Crippen LogP contribution >= 0.6 is 11.6 Å². The highest BCUT2D eigenvalue weighted by Crippen LogP contribution is 2.51. The number of alkyl halides is 6. The van der Waals surface area contributed by atoms with E-state index in [1.165, 1.54) is 11.6 Å². The van der Waals surface area contributed by atoms with Crippen molar-refractivity contribution in [2.24, 2.45) is 0 Å². The molecule has 1 heterocycles. The van der Waals surface area contributed by atoms with Crippen molar-refractivity contribution in [2.45, 2.75) is 75.4 Å². The number of rotatable bonds is 6. The van der Waals surface area contributed by atoms with Gasteiger partial charge in [-0.1, -0.05) is 17.7 Å². The van der Waals surface area contributed by atoms with Crippen molar-refractivity contribution < 1.29 is 50.5 Å². The summed E-state index contributed by atoms with van der Waals surface area (Å²) in [4.78, 5) is 24.1. The third-order valence-corrected chi connectivity index (χ3v) is 8.35. The average molecular weight is 654 g/mol. The average Bonchev–Trinajstić information content (AvgIpc) is 3.32. The Morgan fingerprint density at radius 1 is 1.02 bits per heavy atom. The normalized spacial score (nSPS) is 22.0. The lowest BCUT2D eigenvalue weighted by atomic mass is 9.65. The van der Waals surface area contributed by atoms with E-state index in [9.17, 15) is 31.1 Å². The molecule has 8 nitrogen and oxygen atoms in total. The Bertz CT molecular complexity index is 1340. The zero-order chi connectivity index (χ0) is 33.0. The zero-order valence-electron chi connectivity index (χ0n) is 24.4. The Balaban J connectivity index is 0.000000676. The van der Waals surface area contributed by atoms with Gasteiger partial charge in [0.2, 0.25) is 0 Å². The molecule has 0 unspecified atom stereocenters. The predicted molar refractivity (Wildman–Crippen MR) is 151 cm³/mol. The molecule has 2 aromatic carbocycles. The van der Waals surface area contributed by atoms with E-state index in [1.807, 2.05) is 6.07 Å². The van der Waals surface area contributed by atoms with Crippen molar-refractivity contribution in [1.29, 1.82) is 0 Å². The molecule has 44 heavy (non-hydrogen) atoms. The maximum atomic E-state index is 13.0. The van der Waals surface area contributed by atoms with Crippen LogP contribution < -0.4 is 20.1 Å². The second-order valence-corrected chi connectivity index (χ2v) is 11.3. The van der Waals surface area contributed by atoms with E-state index in [0.717, 1.165) is 44.4 Å². The largest absolute Gasteiger partial charge is 0.493 e. The van der Waals surface area contributed by atoms with Gasteiger partial charge in [0.25, 0.3) is 0 Å². The molecule has 1 saturated carbocycles. The summed E-state index contributed by atoms with van der Waals surface area (Å²) >= 11 is 5.80. The molecule has 2 amide bonds. The number of halogens is 7. The number of carbonyl (C=O) groups excluding carboxylic acids is 1. The molecular weight excluding hydrogens is 620 g/mol. The van der Waals surface area contributed by atoms with E-state index in [2.05, 4.69) is 41.5 Å². The van der Waals surface area contributed by atoms with Gasteiger partial charge in [-0.2, -0.15) is 26.3 Å². The van der Waals surface area contributed by atoms with Gasteiger partial charge < -0.3 is 25.2 Å². The molecule has 15 heteroatoms. The van der Waals surface area contributed by atoms with E-state index in [4.69, 9.17) is 31.0 Å². The van der Waals surface area contributed by atoms with Crippen LogP contribution in [0.25, 0.3) is 0 Å². The summed E-state index contributed by atoms with van der Waals surface area (Å²) in [6.07, 6.45) is -6.21. The van der Waals surface area contributed by atoms with Gasteiger partial charge in [0.1, 0.15) is 0 Å². The maximum absolute atomic E-state index is 13.0. The van der Waals surface area contributed by atoms with Gasteiger partial charge in [0.15, 0.2) is 11.5 Å². The number of carboxylic acids is 1. The summed E-state index contributed by atoms with van der Waals surface area (Å²) in [5.74, 6) is -1.37. The number of anilines is 1. The molecule has 0 bridgehead atoms. The number of urea groups is 1. The van der Waals surface area contributed by atoms with E-state index >= 15 is 0 Å². The molecule has 0 radical (unpaired) electrons. The summed E-state index contributed by atoms with van der Waals surface area (Å²) < 4.78 is 81.7. The molecule has 3 N–H and O–H groups in total. The zero-order valence-corrected chi connectivity index (χ0v) is 25.2. The van der Waals surface area contributed by atoms with Gasteiger partial charge >= 0.3 is 24.4 Å². The quantitative estimate of drug-likeness (QED) is 0.288. The number of amides is 2. The van der Waals surface area contributed by atoms with Crippen LogP contribution in [0.4, 0.5) is 36.8 Å². The number of nitrogens with one attached hydrogen (secondary N) is 2. The van der Waals surface area contributed by atoms with Gasteiger partial charge in [-0.3, -0.25) is 4.90 Å². The van der Waals surface area contributed by atoms with Crippen molar-refractivity contribution in [2.75, 3.05) is 26.1 Å². The fourth-order valence-corrected chi connectivity index (χ4v) is 6.28. The lowest BCUT2D eigenvalue weighted by molar-refractivity contribution is -0.192. The number of hydrogen-bond acceptors (Lipinski definition) is 5. The highest BCUT2D eigenvalue weighted by atomic mass is 35.5. The van der Waals surface area contributed by atoms with E-state index in [0.29, 0.717) is 17.5 Å². The van der Waals surface area contributed by atoms with Crippen molar-refractivity contribution in [3.8, 4) is 11.5 Å². The Labute approximate surface area is 255 Å². The van der Waals surface area contributed by atoms with Crippen molar-refractivity contribution in [3.63, 3.8) is 0 Å². The lowest BCUT2D eigenvalue weighted by Gasteiger charge is -2.46. The predicted octanol–water partition coefficient (Wildman–Crippen LogP) is 7.10. The number of carboxylic acid groups (broad SMARTS) is 1. The molecule has 244 valence electrons. The smallest absolute Gasteiger partial charge is 0.490 e. The molecule has 3 atom stereocenters. The Hall–Kier alpha value is -3.39. The minimum Gasteiger partial charge on any atom is -0.493 e. The standard InChI is InChI=1S/C27H33ClF3N3O3.C2HF3O2/c1-16(2)34-12-11-26(17-5-8-22(36-3)23(13-17)37-4)10-9-19(15-24(26)34)33-25(35)32-18-6-7-20(21(28)14-18)27(29,30)31;3-2(4,5)1(6)7/h5-8,13-14,16,19,24H,9-12,15H2,1-4H3,(H2,32,33,35);(H,6,7)/t19-,24+,26+;/m1./s1. The first-order valence-corrected chi connectivity index (χ1v) is 14.0. The molecule has 2 aromatic rings. The van der Waals surface area contributed by atoms with Crippen molar-refractivity contribution in [1.82, 2.24) is 10.2 Å². The van der Waals surface area contributed by atoms with Crippen LogP contribution in [0.3, 0.4) is 0 Å².